The molecule has 0 aromatic heterocycles. The molecule has 0 aliphatic rings. The predicted octanol–water partition coefficient (Wildman–Crippen LogP) is 1.92. The first-order valence-electron chi connectivity index (χ1n) is 6.28. The van der Waals surface area contributed by atoms with Gasteiger partial charge < -0.3 is 15.5 Å². The first-order chi connectivity index (χ1) is 8.08. The Bertz CT molecular complexity index is 319. The van der Waals surface area contributed by atoms with Crippen molar-refractivity contribution < 1.29 is 0 Å². The van der Waals surface area contributed by atoms with E-state index < -0.39 is 0 Å². The van der Waals surface area contributed by atoms with Crippen LogP contribution in [-0.2, 0) is 6.54 Å². The quantitative estimate of drug-likeness (QED) is 0.817. The van der Waals surface area contributed by atoms with Crippen molar-refractivity contribution in [3.8, 4) is 0 Å². The maximum Gasteiger partial charge on any atom is 0.0388 e. The first-order valence-corrected chi connectivity index (χ1v) is 6.28. The average molecular weight is 235 g/mol. The fourth-order valence-electron chi connectivity index (χ4n) is 2.20. The maximum absolute atomic E-state index is 5.61. The highest BCUT2D eigenvalue weighted by Crippen LogP contribution is 2.18. The highest BCUT2D eigenvalue weighted by atomic mass is 15.2. The van der Waals surface area contributed by atoms with Gasteiger partial charge in [-0.2, -0.15) is 0 Å². The molecule has 0 spiro atoms. The molecule has 0 aliphatic carbocycles. The van der Waals surface area contributed by atoms with Gasteiger partial charge in [-0.1, -0.05) is 12.1 Å². The summed E-state index contributed by atoms with van der Waals surface area (Å²) in [7, 11) is 4.23. The molecule has 3 heteroatoms. The van der Waals surface area contributed by atoms with Crippen molar-refractivity contribution in [3.63, 3.8) is 0 Å². The molecule has 0 heterocycles. The molecular formula is C14H25N3. The van der Waals surface area contributed by atoms with Crippen LogP contribution in [0, 0.1) is 0 Å². The molecule has 0 amide bonds. The third kappa shape index (κ3) is 4.02. The normalized spacial score (nSPS) is 12.8. The van der Waals surface area contributed by atoms with Crippen molar-refractivity contribution >= 4 is 5.69 Å². The van der Waals surface area contributed by atoms with E-state index in [-0.39, 0.29) is 0 Å². The van der Waals surface area contributed by atoms with E-state index in [4.69, 9.17) is 5.73 Å². The number of nitrogens with zero attached hydrogens (tertiary/aromatic N) is 2. The number of likely N-dealkylation sites (N-methyl/N-ethyl adjacent to an activating group) is 2. The molecule has 0 saturated carbocycles. The lowest BCUT2D eigenvalue weighted by molar-refractivity contribution is 0.373. The Morgan fingerprint density at radius 1 is 1.18 bits per heavy atom. The molecule has 1 rings (SSSR count). The van der Waals surface area contributed by atoms with E-state index in [9.17, 15) is 0 Å². The van der Waals surface area contributed by atoms with Gasteiger partial charge in [-0.25, -0.2) is 0 Å². The standard InChI is InChI=1S/C14H25N3/c1-5-17(12(2)11-16(3)4)14-8-6-13(10-15)7-9-14/h6-9,12H,5,10-11,15H2,1-4H3. The molecule has 96 valence electrons. The Kier molecular flexibility index (Phi) is 5.45. The van der Waals surface area contributed by atoms with E-state index in [1.807, 2.05) is 0 Å². The minimum atomic E-state index is 0.513. The van der Waals surface area contributed by atoms with E-state index in [1.165, 1.54) is 11.3 Å². The van der Waals surface area contributed by atoms with Crippen molar-refractivity contribution in [2.75, 3.05) is 32.1 Å². The number of anilines is 1. The highest BCUT2D eigenvalue weighted by Gasteiger charge is 2.13. The number of nitrogens with two attached hydrogens (primary N) is 1. The second-order valence-corrected chi connectivity index (χ2v) is 4.77. The zero-order valence-electron chi connectivity index (χ0n) is 11.5. The van der Waals surface area contributed by atoms with Crippen molar-refractivity contribution in [1.82, 2.24) is 4.90 Å². The molecule has 1 aromatic carbocycles. The second-order valence-electron chi connectivity index (χ2n) is 4.77. The van der Waals surface area contributed by atoms with Crippen LogP contribution in [0.15, 0.2) is 24.3 Å². The van der Waals surface area contributed by atoms with Crippen LogP contribution in [0.1, 0.15) is 19.4 Å². The Balaban J connectivity index is 2.77. The molecule has 2 N–H and O–H groups in total. The third-order valence-corrected chi connectivity index (χ3v) is 3.01. The lowest BCUT2D eigenvalue weighted by Crippen LogP contribution is -2.40. The molecule has 0 aliphatic heterocycles. The van der Waals surface area contributed by atoms with Crippen LogP contribution in [-0.4, -0.2) is 38.1 Å². The molecule has 1 atom stereocenters. The van der Waals surface area contributed by atoms with Gasteiger partial charge in [0.05, 0.1) is 0 Å². The number of benzene rings is 1. The minimum Gasteiger partial charge on any atom is -0.368 e. The summed E-state index contributed by atoms with van der Waals surface area (Å²) in [6.07, 6.45) is 0. The first kappa shape index (κ1) is 14.0. The summed E-state index contributed by atoms with van der Waals surface area (Å²) in [6, 6.07) is 9.06. The summed E-state index contributed by atoms with van der Waals surface area (Å²) < 4.78 is 0. The smallest absolute Gasteiger partial charge is 0.0388 e. The fraction of sp³-hybridized carbons (Fsp3) is 0.571. The van der Waals surface area contributed by atoms with Crippen LogP contribution in [0.25, 0.3) is 0 Å². The Hall–Kier alpha value is -1.06. The molecule has 0 bridgehead atoms. The second kappa shape index (κ2) is 6.62. The van der Waals surface area contributed by atoms with Crippen LogP contribution in [0.5, 0.6) is 0 Å². The van der Waals surface area contributed by atoms with E-state index >= 15 is 0 Å². The molecular weight excluding hydrogens is 210 g/mol. The van der Waals surface area contributed by atoms with E-state index in [2.05, 4.69) is 62.0 Å². The SMILES string of the molecule is CCN(c1ccc(CN)cc1)C(C)CN(C)C. The molecule has 17 heavy (non-hydrogen) atoms. The summed E-state index contributed by atoms with van der Waals surface area (Å²) in [5, 5.41) is 0. The molecule has 0 radical (unpaired) electrons. The molecule has 0 saturated heterocycles. The fourth-order valence-corrected chi connectivity index (χ4v) is 2.20. The van der Waals surface area contributed by atoms with Crippen LogP contribution in [0.3, 0.4) is 0 Å². The summed E-state index contributed by atoms with van der Waals surface area (Å²) >= 11 is 0. The maximum atomic E-state index is 5.61. The van der Waals surface area contributed by atoms with Crippen molar-refractivity contribution in [2.24, 2.45) is 5.73 Å². The lowest BCUT2D eigenvalue weighted by atomic mass is 10.1. The van der Waals surface area contributed by atoms with Crippen LogP contribution < -0.4 is 10.6 Å². The monoisotopic (exact) mass is 235 g/mol. The van der Waals surface area contributed by atoms with E-state index in [0.29, 0.717) is 12.6 Å². The van der Waals surface area contributed by atoms with Gasteiger partial charge in [0.15, 0.2) is 0 Å². The van der Waals surface area contributed by atoms with E-state index in [0.717, 1.165) is 13.1 Å². The van der Waals surface area contributed by atoms with Gasteiger partial charge in [0.25, 0.3) is 0 Å². The summed E-state index contributed by atoms with van der Waals surface area (Å²) in [5.74, 6) is 0. The largest absolute Gasteiger partial charge is 0.368 e. The van der Waals surface area contributed by atoms with Gasteiger partial charge >= 0.3 is 0 Å². The number of rotatable bonds is 6. The van der Waals surface area contributed by atoms with Crippen molar-refractivity contribution in [2.45, 2.75) is 26.4 Å². The Morgan fingerprint density at radius 2 is 1.76 bits per heavy atom. The van der Waals surface area contributed by atoms with E-state index in [1.54, 1.807) is 0 Å². The molecule has 1 unspecified atom stereocenters. The summed E-state index contributed by atoms with van der Waals surface area (Å²) in [4.78, 5) is 4.64. The number of hydrogen-bond acceptors (Lipinski definition) is 3. The molecule has 0 fully saturated rings. The van der Waals surface area contributed by atoms with Gasteiger partial charge in [0.1, 0.15) is 0 Å². The number of hydrogen-bond donors (Lipinski definition) is 1. The third-order valence-electron chi connectivity index (χ3n) is 3.01. The van der Waals surface area contributed by atoms with Gasteiger partial charge in [-0.3, -0.25) is 0 Å². The minimum absolute atomic E-state index is 0.513. The molecule has 3 nitrogen and oxygen atoms in total. The van der Waals surface area contributed by atoms with Crippen LogP contribution in [0.2, 0.25) is 0 Å². The summed E-state index contributed by atoms with van der Waals surface area (Å²) in [6.45, 7) is 7.16. The van der Waals surface area contributed by atoms with Crippen molar-refractivity contribution in [1.29, 1.82) is 0 Å². The van der Waals surface area contributed by atoms with Gasteiger partial charge in [0, 0.05) is 31.4 Å². The topological polar surface area (TPSA) is 32.5 Å². The highest BCUT2D eigenvalue weighted by molar-refractivity contribution is 5.48. The Morgan fingerprint density at radius 3 is 2.18 bits per heavy atom. The van der Waals surface area contributed by atoms with Gasteiger partial charge in [-0.15, -0.1) is 0 Å². The lowest BCUT2D eigenvalue weighted by Gasteiger charge is -2.32. The zero-order chi connectivity index (χ0) is 12.8. The predicted molar refractivity (Wildman–Crippen MR) is 75.4 cm³/mol. The van der Waals surface area contributed by atoms with Crippen LogP contribution in [0.4, 0.5) is 5.69 Å². The summed E-state index contributed by atoms with van der Waals surface area (Å²) in [5.41, 5.74) is 8.08. The van der Waals surface area contributed by atoms with Crippen LogP contribution >= 0.6 is 0 Å². The zero-order valence-corrected chi connectivity index (χ0v) is 11.5. The average Bonchev–Trinajstić information content (AvgIpc) is 2.30. The van der Waals surface area contributed by atoms with Gasteiger partial charge in [0.2, 0.25) is 0 Å². The Labute approximate surface area is 105 Å². The molecule has 1 aromatic rings. The van der Waals surface area contributed by atoms with Crippen molar-refractivity contribution in [3.05, 3.63) is 29.8 Å². The van der Waals surface area contributed by atoms with Gasteiger partial charge in [-0.05, 0) is 45.6 Å².